The van der Waals surface area contributed by atoms with Crippen LogP contribution in [0.2, 0.25) is 0 Å². The zero-order valence-electron chi connectivity index (χ0n) is 12.2. The van der Waals surface area contributed by atoms with E-state index in [9.17, 15) is 0 Å². The average Bonchev–Trinajstić information content (AvgIpc) is 3.10. The normalized spacial score (nSPS) is 23.8. The quantitative estimate of drug-likeness (QED) is 0.774. The minimum Gasteiger partial charge on any atom is -0.498 e. The van der Waals surface area contributed by atoms with Crippen LogP contribution in [-0.4, -0.2) is 6.61 Å². The Balaban J connectivity index is 1.87. The van der Waals surface area contributed by atoms with Crippen LogP contribution in [0.5, 0.6) is 0 Å². The lowest BCUT2D eigenvalue weighted by molar-refractivity contribution is 0.238. The first-order chi connectivity index (χ1) is 10.4. The van der Waals surface area contributed by atoms with E-state index in [-0.39, 0.29) is 5.41 Å². The Labute approximate surface area is 126 Å². The molecule has 0 amide bonds. The van der Waals surface area contributed by atoms with Crippen molar-refractivity contribution in [2.45, 2.75) is 25.2 Å². The van der Waals surface area contributed by atoms with Gasteiger partial charge in [-0.3, -0.25) is 0 Å². The van der Waals surface area contributed by atoms with E-state index >= 15 is 0 Å². The van der Waals surface area contributed by atoms with Gasteiger partial charge < -0.3 is 4.74 Å². The van der Waals surface area contributed by atoms with Crippen LogP contribution in [0.4, 0.5) is 0 Å². The van der Waals surface area contributed by atoms with E-state index in [1.54, 1.807) is 0 Å². The van der Waals surface area contributed by atoms with Crippen LogP contribution in [0.15, 0.2) is 72.5 Å². The van der Waals surface area contributed by atoms with Gasteiger partial charge in [0.15, 0.2) is 0 Å². The van der Waals surface area contributed by atoms with E-state index in [1.165, 1.54) is 23.3 Å². The Hall–Kier alpha value is -2.02. The predicted molar refractivity (Wildman–Crippen MR) is 85.0 cm³/mol. The number of ether oxygens (including phenoxy) is 1. The van der Waals surface area contributed by atoms with E-state index in [4.69, 9.17) is 4.74 Å². The lowest BCUT2D eigenvalue weighted by atomic mass is 9.66. The molecule has 106 valence electrons. The van der Waals surface area contributed by atoms with Gasteiger partial charge in [0.25, 0.3) is 0 Å². The Kier molecular flexibility index (Phi) is 3.07. The fraction of sp³-hybridized carbons (Fsp3) is 0.300. The standard InChI is InChI=1S/C20H20O/c1-3-8-16(9-4-1)19(17-10-5-2-6-11-17)20-13-7-12-18(20)21-15-14-20/h1-6,8-12,19H,7,13-15H2/t20-/m1/s1. The van der Waals surface area contributed by atoms with Crippen molar-refractivity contribution >= 4 is 0 Å². The van der Waals surface area contributed by atoms with Crippen molar-refractivity contribution in [3.05, 3.63) is 83.6 Å². The van der Waals surface area contributed by atoms with E-state index in [2.05, 4.69) is 66.7 Å². The van der Waals surface area contributed by atoms with Crippen molar-refractivity contribution in [2.24, 2.45) is 5.41 Å². The third-order valence-corrected chi connectivity index (χ3v) is 5.04. The minimum absolute atomic E-state index is 0.169. The highest BCUT2D eigenvalue weighted by molar-refractivity contribution is 5.40. The Morgan fingerprint density at radius 3 is 2.05 bits per heavy atom. The molecule has 0 radical (unpaired) electrons. The summed E-state index contributed by atoms with van der Waals surface area (Å²) in [6.07, 6.45) is 5.79. The summed E-state index contributed by atoms with van der Waals surface area (Å²) in [5, 5.41) is 0. The van der Waals surface area contributed by atoms with Gasteiger partial charge in [-0.05, 0) is 36.5 Å². The molecule has 1 heterocycles. The Morgan fingerprint density at radius 2 is 1.43 bits per heavy atom. The Bertz CT molecular complexity index is 605. The smallest absolute Gasteiger partial charge is 0.0992 e. The number of hydrogen-bond donors (Lipinski definition) is 0. The summed E-state index contributed by atoms with van der Waals surface area (Å²) in [7, 11) is 0. The number of allylic oxidation sites excluding steroid dienone is 2. The van der Waals surface area contributed by atoms with Gasteiger partial charge in [-0.2, -0.15) is 0 Å². The van der Waals surface area contributed by atoms with E-state index in [1.807, 2.05) is 0 Å². The number of benzene rings is 2. The molecule has 1 nitrogen and oxygen atoms in total. The Morgan fingerprint density at radius 1 is 0.810 bits per heavy atom. The summed E-state index contributed by atoms with van der Waals surface area (Å²) in [4.78, 5) is 0. The molecule has 2 aromatic rings. The maximum atomic E-state index is 5.97. The monoisotopic (exact) mass is 276 g/mol. The van der Waals surface area contributed by atoms with Crippen LogP contribution < -0.4 is 0 Å². The molecule has 1 saturated heterocycles. The van der Waals surface area contributed by atoms with Gasteiger partial charge in [0.2, 0.25) is 0 Å². The van der Waals surface area contributed by atoms with Crippen molar-refractivity contribution in [3.63, 3.8) is 0 Å². The highest BCUT2D eigenvalue weighted by Gasteiger charge is 2.49. The zero-order valence-corrected chi connectivity index (χ0v) is 12.2. The molecule has 0 aromatic heterocycles. The fourth-order valence-corrected chi connectivity index (χ4v) is 4.13. The molecule has 1 aliphatic carbocycles. The van der Waals surface area contributed by atoms with Gasteiger partial charge in [0.1, 0.15) is 0 Å². The van der Waals surface area contributed by atoms with Crippen molar-refractivity contribution < 1.29 is 4.74 Å². The van der Waals surface area contributed by atoms with Gasteiger partial charge in [0.05, 0.1) is 12.4 Å². The van der Waals surface area contributed by atoms with Crippen molar-refractivity contribution in [2.75, 3.05) is 6.61 Å². The summed E-state index contributed by atoms with van der Waals surface area (Å²) < 4.78 is 5.97. The van der Waals surface area contributed by atoms with Crippen LogP contribution in [0.3, 0.4) is 0 Å². The molecule has 1 heteroatoms. The van der Waals surface area contributed by atoms with Gasteiger partial charge in [-0.1, -0.05) is 60.7 Å². The lowest BCUT2D eigenvalue weighted by Gasteiger charge is -2.35. The molecule has 0 unspecified atom stereocenters. The van der Waals surface area contributed by atoms with Gasteiger partial charge in [-0.25, -0.2) is 0 Å². The summed E-state index contributed by atoms with van der Waals surface area (Å²) in [5.41, 5.74) is 2.98. The van der Waals surface area contributed by atoms with Crippen molar-refractivity contribution in [3.8, 4) is 0 Å². The summed E-state index contributed by atoms with van der Waals surface area (Å²) in [6, 6.07) is 21.8. The van der Waals surface area contributed by atoms with Crippen LogP contribution in [-0.2, 0) is 4.74 Å². The van der Waals surface area contributed by atoms with Gasteiger partial charge in [0, 0.05) is 11.3 Å². The highest BCUT2D eigenvalue weighted by atomic mass is 16.5. The first-order valence-electron chi connectivity index (χ1n) is 7.83. The molecule has 1 fully saturated rings. The number of hydrogen-bond acceptors (Lipinski definition) is 1. The first kappa shape index (κ1) is 12.7. The maximum Gasteiger partial charge on any atom is 0.0992 e. The topological polar surface area (TPSA) is 9.23 Å². The second-order valence-corrected chi connectivity index (χ2v) is 6.12. The third kappa shape index (κ3) is 1.99. The van der Waals surface area contributed by atoms with Gasteiger partial charge >= 0.3 is 0 Å². The second kappa shape index (κ2) is 5.07. The van der Waals surface area contributed by atoms with Gasteiger partial charge in [-0.15, -0.1) is 0 Å². The average molecular weight is 276 g/mol. The van der Waals surface area contributed by atoms with Crippen LogP contribution >= 0.6 is 0 Å². The molecular weight excluding hydrogens is 256 g/mol. The second-order valence-electron chi connectivity index (χ2n) is 6.12. The lowest BCUT2D eigenvalue weighted by Crippen LogP contribution is -2.26. The number of rotatable bonds is 3. The van der Waals surface area contributed by atoms with E-state index in [0.717, 1.165) is 19.4 Å². The zero-order chi connectivity index (χ0) is 14.1. The fourth-order valence-electron chi connectivity index (χ4n) is 4.13. The van der Waals surface area contributed by atoms with Crippen LogP contribution in [0.25, 0.3) is 0 Å². The molecule has 0 N–H and O–H groups in total. The number of fused-ring (bicyclic) bond motifs is 1. The van der Waals surface area contributed by atoms with Crippen molar-refractivity contribution in [1.82, 2.24) is 0 Å². The van der Waals surface area contributed by atoms with E-state index < -0.39 is 0 Å². The molecule has 2 aromatic carbocycles. The maximum absolute atomic E-state index is 5.97. The molecule has 2 aliphatic rings. The largest absolute Gasteiger partial charge is 0.498 e. The van der Waals surface area contributed by atoms with Crippen LogP contribution in [0.1, 0.15) is 36.3 Å². The molecule has 1 atom stereocenters. The first-order valence-corrected chi connectivity index (χ1v) is 7.83. The summed E-state index contributed by atoms with van der Waals surface area (Å²) in [5.74, 6) is 1.64. The van der Waals surface area contributed by atoms with Crippen molar-refractivity contribution in [1.29, 1.82) is 0 Å². The SMILES string of the molecule is C1=C2OCC[C@]2(C(c2ccccc2)c2ccccc2)CC1. The molecule has 21 heavy (non-hydrogen) atoms. The highest BCUT2D eigenvalue weighted by Crippen LogP contribution is 2.57. The molecule has 0 bridgehead atoms. The molecule has 0 spiro atoms. The summed E-state index contributed by atoms with van der Waals surface area (Å²) >= 11 is 0. The third-order valence-electron chi connectivity index (χ3n) is 5.04. The molecule has 4 rings (SSSR count). The minimum atomic E-state index is 0.169. The molecular formula is C20H20O. The van der Waals surface area contributed by atoms with Crippen LogP contribution in [0, 0.1) is 5.41 Å². The predicted octanol–water partition coefficient (Wildman–Crippen LogP) is 4.90. The molecule has 0 saturated carbocycles. The summed E-state index contributed by atoms with van der Waals surface area (Å²) in [6.45, 7) is 0.863. The van der Waals surface area contributed by atoms with E-state index in [0.29, 0.717) is 5.92 Å². The molecule has 1 aliphatic heterocycles.